The highest BCUT2D eigenvalue weighted by molar-refractivity contribution is 7.89. The second-order valence-electron chi connectivity index (χ2n) is 10.9. The molecule has 6 N–H and O–H groups in total. The molecule has 3 rings (SSSR count). The van der Waals surface area contributed by atoms with E-state index in [9.17, 15) is 22.8 Å². The summed E-state index contributed by atoms with van der Waals surface area (Å²) in [6.45, 7) is 4.40. The van der Waals surface area contributed by atoms with Crippen molar-refractivity contribution in [1.29, 1.82) is 0 Å². The van der Waals surface area contributed by atoms with E-state index in [4.69, 9.17) is 15.2 Å². The molecule has 0 saturated carbocycles. The number of esters is 1. The maximum Gasteiger partial charge on any atom is 0.325 e. The van der Waals surface area contributed by atoms with Crippen molar-refractivity contribution in [1.82, 2.24) is 25.7 Å². The maximum atomic E-state index is 13.5. The minimum absolute atomic E-state index is 0.0158. The number of sulfonamides is 1. The number of rotatable bonds is 18. The van der Waals surface area contributed by atoms with Gasteiger partial charge < -0.3 is 31.2 Å². The topological polar surface area (TPSA) is 191 Å². The van der Waals surface area contributed by atoms with E-state index < -0.39 is 27.9 Å². The molecule has 1 heterocycles. The van der Waals surface area contributed by atoms with Gasteiger partial charge in [0.25, 0.3) is 5.91 Å². The largest absolute Gasteiger partial charge is 0.494 e. The number of hydrogen-bond donors (Lipinski definition) is 5. The number of aryl methyl sites for hydroxylation is 4. The number of nitrogen functional groups attached to an aromatic ring is 1. The van der Waals surface area contributed by atoms with E-state index in [0.29, 0.717) is 67.0 Å². The summed E-state index contributed by atoms with van der Waals surface area (Å²) in [5, 5.41) is 8.37. The Balaban J connectivity index is 1.58. The SMILES string of the molecule is CNCCNC(=O)CCCOc1cc(C)c(S(=O)(=O)NC(CNC(=O)c2ccc(CCc3cccc(N)n3)cc2)C(=O)OC)c(C)c1. The lowest BCUT2D eigenvalue weighted by Gasteiger charge is -2.20. The fourth-order valence-electron chi connectivity index (χ4n) is 4.85. The van der Waals surface area contributed by atoms with Crippen LogP contribution in [0, 0.1) is 13.8 Å². The molecule has 3 aromatic rings. The van der Waals surface area contributed by atoms with Crippen LogP contribution >= 0.6 is 0 Å². The molecule has 1 aromatic heterocycles. The number of methoxy groups -OCH3 is 1. The number of nitrogens with zero attached hydrogens (tertiary/aromatic N) is 1. The Kier molecular flexibility index (Phi) is 14.1. The molecule has 2 amide bonds. The van der Waals surface area contributed by atoms with Gasteiger partial charge in [0.1, 0.15) is 17.6 Å². The van der Waals surface area contributed by atoms with Crippen molar-refractivity contribution in [3.05, 3.63) is 82.5 Å². The molecule has 0 aliphatic heterocycles. The second-order valence-corrected chi connectivity index (χ2v) is 12.6. The van der Waals surface area contributed by atoms with Crippen LogP contribution < -0.4 is 31.1 Å². The Bertz CT molecular complexity index is 1610. The minimum atomic E-state index is -4.22. The number of nitrogens with two attached hydrogens (primary N) is 1. The first-order chi connectivity index (χ1) is 22.4. The molecule has 0 radical (unpaired) electrons. The number of carbonyl (C=O) groups is 3. The quantitative estimate of drug-likeness (QED) is 0.0987. The Morgan fingerprint density at radius 1 is 0.957 bits per heavy atom. The lowest BCUT2D eigenvalue weighted by atomic mass is 10.1. The summed E-state index contributed by atoms with van der Waals surface area (Å²) in [6, 6.07) is 14.2. The first-order valence-corrected chi connectivity index (χ1v) is 16.8. The summed E-state index contributed by atoms with van der Waals surface area (Å²) < 4.78 is 39.9. The Hall–Kier alpha value is -4.53. The van der Waals surface area contributed by atoms with Crippen molar-refractivity contribution in [2.75, 3.05) is 46.1 Å². The van der Waals surface area contributed by atoms with Gasteiger partial charge in [-0.25, -0.2) is 13.4 Å². The Morgan fingerprint density at radius 3 is 2.30 bits per heavy atom. The van der Waals surface area contributed by atoms with Crippen LogP contribution in [0.2, 0.25) is 0 Å². The van der Waals surface area contributed by atoms with Crippen LogP contribution in [0.3, 0.4) is 0 Å². The zero-order chi connectivity index (χ0) is 34.4. The lowest BCUT2D eigenvalue weighted by Crippen LogP contribution is -2.49. The number of amides is 2. The lowest BCUT2D eigenvalue weighted by molar-refractivity contribution is -0.142. The summed E-state index contributed by atoms with van der Waals surface area (Å²) in [4.78, 5) is 41.6. The van der Waals surface area contributed by atoms with Crippen molar-refractivity contribution in [2.45, 2.75) is 50.5 Å². The number of likely N-dealkylation sites (N-methyl/N-ethyl adjacent to an activating group) is 1. The van der Waals surface area contributed by atoms with Crippen LogP contribution in [0.25, 0.3) is 0 Å². The molecule has 13 nitrogen and oxygen atoms in total. The summed E-state index contributed by atoms with van der Waals surface area (Å²) in [7, 11) is -1.28. The van der Waals surface area contributed by atoms with Gasteiger partial charge in [-0.1, -0.05) is 18.2 Å². The minimum Gasteiger partial charge on any atom is -0.494 e. The highest BCUT2D eigenvalue weighted by atomic mass is 32.2. The van der Waals surface area contributed by atoms with Gasteiger partial charge in [-0.3, -0.25) is 14.4 Å². The fraction of sp³-hybridized carbons (Fsp3) is 0.394. The number of pyridine rings is 1. The molecular weight excluding hydrogens is 624 g/mol. The average Bonchev–Trinajstić information content (AvgIpc) is 3.03. The molecule has 1 atom stereocenters. The smallest absolute Gasteiger partial charge is 0.325 e. The predicted octanol–water partition coefficient (Wildman–Crippen LogP) is 1.81. The third-order valence-electron chi connectivity index (χ3n) is 7.18. The summed E-state index contributed by atoms with van der Waals surface area (Å²) in [5.41, 5.74) is 8.75. The Labute approximate surface area is 276 Å². The number of nitrogens with one attached hydrogen (secondary N) is 4. The molecule has 0 aliphatic rings. The van der Waals surface area contributed by atoms with Gasteiger partial charge in [-0.2, -0.15) is 4.72 Å². The number of hydrogen-bond acceptors (Lipinski definition) is 10. The van der Waals surface area contributed by atoms with E-state index in [1.165, 1.54) is 0 Å². The third-order valence-corrected chi connectivity index (χ3v) is 8.96. The number of carbonyl (C=O) groups excluding carboxylic acids is 3. The molecule has 2 aromatic carbocycles. The summed E-state index contributed by atoms with van der Waals surface area (Å²) >= 11 is 0. The van der Waals surface area contributed by atoms with E-state index in [1.54, 1.807) is 51.2 Å². The standard InChI is InChI=1S/C33H44N6O7S/c1-22-19-27(46-18-6-9-30(40)36-17-16-35-3)20-23(2)31(22)47(43,44)39-28(33(42)45-4)21-37-32(41)25-13-10-24(11-14-25)12-15-26-7-5-8-29(34)38-26/h5,7-8,10-11,13-14,19-20,28,35,39H,6,9,12,15-18,21H2,1-4H3,(H2,34,38)(H,36,40)(H,37,41). The Morgan fingerprint density at radius 2 is 1.66 bits per heavy atom. The zero-order valence-corrected chi connectivity index (χ0v) is 28.0. The van der Waals surface area contributed by atoms with Crippen LogP contribution in [0.4, 0.5) is 5.82 Å². The van der Waals surface area contributed by atoms with Crippen molar-refractivity contribution in [3.8, 4) is 5.75 Å². The summed E-state index contributed by atoms with van der Waals surface area (Å²) in [6.07, 6.45) is 2.18. The number of ether oxygens (including phenoxy) is 2. The van der Waals surface area contributed by atoms with Gasteiger partial charge in [0.15, 0.2) is 0 Å². The van der Waals surface area contributed by atoms with Crippen molar-refractivity contribution < 1.29 is 32.3 Å². The molecule has 0 bridgehead atoms. The second kappa shape index (κ2) is 18.0. The molecule has 0 fully saturated rings. The van der Waals surface area contributed by atoms with Gasteiger partial charge >= 0.3 is 5.97 Å². The molecule has 1 unspecified atom stereocenters. The normalized spacial score (nSPS) is 11.8. The molecule has 254 valence electrons. The molecule has 47 heavy (non-hydrogen) atoms. The number of aromatic nitrogens is 1. The van der Waals surface area contributed by atoms with E-state index in [0.717, 1.165) is 18.4 Å². The van der Waals surface area contributed by atoms with Crippen LogP contribution in [0.5, 0.6) is 5.75 Å². The summed E-state index contributed by atoms with van der Waals surface area (Å²) in [5.74, 6) is -0.492. The van der Waals surface area contributed by atoms with Gasteiger partial charge in [0, 0.05) is 37.3 Å². The van der Waals surface area contributed by atoms with Gasteiger partial charge in [-0.05, 0) is 93.2 Å². The van der Waals surface area contributed by atoms with E-state index in [-0.39, 0.29) is 24.0 Å². The molecule has 0 spiro atoms. The third kappa shape index (κ3) is 11.6. The molecule has 0 aliphatic carbocycles. The van der Waals surface area contributed by atoms with Crippen molar-refractivity contribution in [2.24, 2.45) is 0 Å². The van der Waals surface area contributed by atoms with E-state index in [1.807, 2.05) is 24.3 Å². The highest BCUT2D eigenvalue weighted by Gasteiger charge is 2.29. The van der Waals surface area contributed by atoms with Crippen LogP contribution in [0.1, 0.15) is 45.6 Å². The first kappa shape index (κ1) is 36.9. The molecule has 0 saturated heterocycles. The highest BCUT2D eigenvalue weighted by Crippen LogP contribution is 2.26. The fourth-order valence-corrected chi connectivity index (χ4v) is 6.48. The zero-order valence-electron chi connectivity index (χ0n) is 27.2. The number of benzene rings is 2. The van der Waals surface area contributed by atoms with Gasteiger partial charge in [-0.15, -0.1) is 0 Å². The number of anilines is 1. The van der Waals surface area contributed by atoms with Crippen LogP contribution in [-0.4, -0.2) is 77.6 Å². The maximum absolute atomic E-state index is 13.5. The van der Waals surface area contributed by atoms with Crippen molar-refractivity contribution in [3.63, 3.8) is 0 Å². The monoisotopic (exact) mass is 668 g/mol. The van der Waals surface area contributed by atoms with E-state index in [2.05, 4.69) is 25.7 Å². The molecular formula is C33H44N6O7S. The van der Waals surface area contributed by atoms with E-state index >= 15 is 0 Å². The first-order valence-electron chi connectivity index (χ1n) is 15.3. The van der Waals surface area contributed by atoms with Gasteiger partial charge in [0.2, 0.25) is 15.9 Å². The average molecular weight is 669 g/mol. The van der Waals surface area contributed by atoms with Crippen molar-refractivity contribution >= 4 is 33.6 Å². The predicted molar refractivity (Wildman–Crippen MR) is 179 cm³/mol. The van der Waals surface area contributed by atoms with Crippen LogP contribution in [-0.2, 0) is 37.2 Å². The van der Waals surface area contributed by atoms with Crippen LogP contribution in [0.15, 0.2) is 59.5 Å². The van der Waals surface area contributed by atoms with Gasteiger partial charge in [0.05, 0.1) is 18.6 Å². The molecule has 14 heteroatoms.